The third-order valence-electron chi connectivity index (χ3n) is 2.58. The maximum Gasteiger partial charge on any atom is 0.292 e. The summed E-state index contributed by atoms with van der Waals surface area (Å²) in [6.45, 7) is 0.428. The van der Waals surface area contributed by atoms with Gasteiger partial charge < -0.3 is 5.32 Å². The highest BCUT2D eigenvalue weighted by atomic mass is 79.9. The molecule has 98 valence electrons. The predicted molar refractivity (Wildman–Crippen MR) is 79.6 cm³/mol. The highest BCUT2D eigenvalue weighted by molar-refractivity contribution is 9.10. The van der Waals surface area contributed by atoms with E-state index in [1.54, 1.807) is 18.2 Å². The zero-order valence-electron chi connectivity index (χ0n) is 9.77. The van der Waals surface area contributed by atoms with Gasteiger partial charge in [-0.1, -0.05) is 45.7 Å². The van der Waals surface area contributed by atoms with E-state index in [1.165, 1.54) is 6.07 Å². The summed E-state index contributed by atoms with van der Waals surface area (Å²) < 4.78 is 0.778. The van der Waals surface area contributed by atoms with E-state index >= 15 is 0 Å². The number of halogens is 2. The van der Waals surface area contributed by atoms with Crippen LogP contribution in [0.1, 0.15) is 5.56 Å². The lowest BCUT2D eigenvalue weighted by Crippen LogP contribution is -2.03. The number of hydrogen-bond donors (Lipinski definition) is 1. The number of rotatable bonds is 4. The third kappa shape index (κ3) is 3.45. The molecule has 0 aliphatic carbocycles. The molecule has 0 atom stereocenters. The lowest BCUT2D eigenvalue weighted by Gasteiger charge is -2.09. The predicted octanol–water partition coefficient (Wildman–Crippen LogP) is 4.62. The van der Waals surface area contributed by atoms with Crippen LogP contribution in [0.25, 0.3) is 0 Å². The summed E-state index contributed by atoms with van der Waals surface area (Å²) in [5.41, 5.74) is 1.38. The number of benzene rings is 2. The third-order valence-corrected chi connectivity index (χ3v) is 3.44. The molecule has 0 fully saturated rings. The summed E-state index contributed by atoms with van der Waals surface area (Å²) in [5, 5.41) is 14.6. The van der Waals surface area contributed by atoms with Gasteiger partial charge in [0, 0.05) is 22.1 Å². The second-order valence-corrected chi connectivity index (χ2v) is 5.19. The van der Waals surface area contributed by atoms with E-state index < -0.39 is 4.92 Å². The van der Waals surface area contributed by atoms with Crippen LogP contribution in [-0.4, -0.2) is 4.92 Å². The van der Waals surface area contributed by atoms with Crippen molar-refractivity contribution in [3.05, 3.63) is 67.6 Å². The average Bonchev–Trinajstić information content (AvgIpc) is 2.37. The lowest BCUT2D eigenvalue weighted by atomic mass is 10.2. The Labute approximate surface area is 123 Å². The van der Waals surface area contributed by atoms with Gasteiger partial charge in [-0.25, -0.2) is 0 Å². The van der Waals surface area contributed by atoms with E-state index in [9.17, 15) is 10.1 Å². The van der Waals surface area contributed by atoms with Crippen LogP contribution in [0, 0.1) is 10.1 Å². The molecule has 0 bridgehead atoms. The topological polar surface area (TPSA) is 55.2 Å². The maximum absolute atomic E-state index is 10.9. The van der Waals surface area contributed by atoms with E-state index in [2.05, 4.69) is 21.2 Å². The smallest absolute Gasteiger partial charge is 0.292 e. The van der Waals surface area contributed by atoms with Crippen molar-refractivity contribution in [3.8, 4) is 0 Å². The standard InChI is InChI=1S/C13H10BrClN2O2/c14-10-5-6-13(17(18)19)12(7-10)16-8-9-3-1-2-4-11(9)15/h1-7,16H,8H2. The summed E-state index contributed by atoms with van der Waals surface area (Å²) in [6, 6.07) is 12.1. The Bertz CT molecular complexity index is 619. The van der Waals surface area contributed by atoms with Crippen molar-refractivity contribution in [1.82, 2.24) is 0 Å². The molecule has 0 unspecified atom stereocenters. The van der Waals surface area contributed by atoms with Crippen LogP contribution in [-0.2, 0) is 6.54 Å². The van der Waals surface area contributed by atoms with E-state index in [4.69, 9.17) is 11.6 Å². The van der Waals surface area contributed by atoms with Gasteiger partial charge >= 0.3 is 0 Å². The summed E-state index contributed by atoms with van der Waals surface area (Å²) >= 11 is 9.34. The first-order chi connectivity index (χ1) is 9.08. The number of nitro benzene ring substituents is 1. The molecule has 0 saturated carbocycles. The lowest BCUT2D eigenvalue weighted by molar-refractivity contribution is -0.384. The minimum atomic E-state index is -0.415. The van der Waals surface area contributed by atoms with Crippen LogP contribution < -0.4 is 5.32 Å². The van der Waals surface area contributed by atoms with Crippen molar-refractivity contribution in [2.45, 2.75) is 6.54 Å². The molecule has 2 aromatic carbocycles. The molecule has 4 nitrogen and oxygen atoms in total. The molecule has 0 saturated heterocycles. The number of anilines is 1. The van der Waals surface area contributed by atoms with Gasteiger partial charge in [0.1, 0.15) is 5.69 Å². The molecular weight excluding hydrogens is 332 g/mol. The Morgan fingerprint density at radius 3 is 2.68 bits per heavy atom. The SMILES string of the molecule is O=[N+]([O-])c1ccc(Br)cc1NCc1ccccc1Cl. The molecule has 0 aromatic heterocycles. The van der Waals surface area contributed by atoms with Crippen LogP contribution in [0.4, 0.5) is 11.4 Å². The molecule has 0 spiro atoms. The molecule has 0 radical (unpaired) electrons. The molecule has 0 amide bonds. The van der Waals surface area contributed by atoms with Crippen LogP contribution in [0.3, 0.4) is 0 Å². The van der Waals surface area contributed by atoms with Gasteiger partial charge in [0.2, 0.25) is 0 Å². The first-order valence-corrected chi connectivity index (χ1v) is 6.66. The fourth-order valence-corrected chi connectivity index (χ4v) is 2.20. The molecule has 2 aromatic rings. The average molecular weight is 342 g/mol. The molecule has 6 heteroatoms. The minimum absolute atomic E-state index is 0.0373. The maximum atomic E-state index is 10.9. The van der Waals surface area contributed by atoms with Gasteiger partial charge in [-0.15, -0.1) is 0 Å². The van der Waals surface area contributed by atoms with Crippen LogP contribution in [0.15, 0.2) is 46.9 Å². The molecule has 0 aliphatic heterocycles. The fourth-order valence-electron chi connectivity index (χ4n) is 1.64. The largest absolute Gasteiger partial charge is 0.375 e. The Morgan fingerprint density at radius 2 is 2.00 bits per heavy atom. The van der Waals surface area contributed by atoms with Crippen molar-refractivity contribution >= 4 is 38.9 Å². The molecule has 19 heavy (non-hydrogen) atoms. The molecule has 1 N–H and O–H groups in total. The van der Waals surface area contributed by atoms with Crippen LogP contribution in [0.2, 0.25) is 5.02 Å². The summed E-state index contributed by atoms with van der Waals surface area (Å²) in [4.78, 5) is 10.5. The second kappa shape index (κ2) is 6.04. The summed E-state index contributed by atoms with van der Waals surface area (Å²) in [5.74, 6) is 0. The van der Waals surface area contributed by atoms with Crippen molar-refractivity contribution in [1.29, 1.82) is 0 Å². The zero-order valence-corrected chi connectivity index (χ0v) is 12.1. The Kier molecular flexibility index (Phi) is 4.39. The van der Waals surface area contributed by atoms with Crippen LogP contribution in [0.5, 0.6) is 0 Å². The van der Waals surface area contributed by atoms with Crippen molar-refractivity contribution in [3.63, 3.8) is 0 Å². The van der Waals surface area contributed by atoms with Crippen molar-refractivity contribution < 1.29 is 4.92 Å². The zero-order chi connectivity index (χ0) is 13.8. The van der Waals surface area contributed by atoms with E-state index in [0.717, 1.165) is 10.0 Å². The summed E-state index contributed by atoms with van der Waals surface area (Å²) in [7, 11) is 0. The van der Waals surface area contributed by atoms with E-state index in [0.29, 0.717) is 17.3 Å². The normalized spacial score (nSPS) is 10.2. The summed E-state index contributed by atoms with van der Waals surface area (Å²) in [6.07, 6.45) is 0. The van der Waals surface area contributed by atoms with Gasteiger partial charge in [-0.3, -0.25) is 10.1 Å². The van der Waals surface area contributed by atoms with Crippen LogP contribution >= 0.6 is 27.5 Å². The fraction of sp³-hybridized carbons (Fsp3) is 0.0769. The highest BCUT2D eigenvalue weighted by Crippen LogP contribution is 2.28. The molecule has 0 aliphatic rings. The first kappa shape index (κ1) is 13.8. The van der Waals surface area contributed by atoms with Gasteiger partial charge in [-0.05, 0) is 23.8 Å². The second-order valence-electron chi connectivity index (χ2n) is 3.86. The molecule has 0 heterocycles. The highest BCUT2D eigenvalue weighted by Gasteiger charge is 2.13. The number of hydrogen-bond acceptors (Lipinski definition) is 3. The van der Waals surface area contributed by atoms with Gasteiger partial charge in [0.05, 0.1) is 4.92 Å². The van der Waals surface area contributed by atoms with Crippen molar-refractivity contribution in [2.24, 2.45) is 0 Å². The quantitative estimate of drug-likeness (QED) is 0.652. The van der Waals surface area contributed by atoms with Gasteiger partial charge in [0.25, 0.3) is 5.69 Å². The van der Waals surface area contributed by atoms with Crippen molar-refractivity contribution in [2.75, 3.05) is 5.32 Å². The molecule has 2 rings (SSSR count). The Morgan fingerprint density at radius 1 is 1.26 bits per heavy atom. The molecular formula is C13H10BrClN2O2. The number of nitrogens with zero attached hydrogens (tertiary/aromatic N) is 1. The van der Waals surface area contributed by atoms with E-state index in [-0.39, 0.29) is 5.69 Å². The minimum Gasteiger partial charge on any atom is -0.375 e. The monoisotopic (exact) mass is 340 g/mol. The number of nitrogens with one attached hydrogen (secondary N) is 1. The van der Waals surface area contributed by atoms with Gasteiger partial charge in [0.15, 0.2) is 0 Å². The van der Waals surface area contributed by atoms with Gasteiger partial charge in [-0.2, -0.15) is 0 Å². The van der Waals surface area contributed by atoms with E-state index in [1.807, 2.05) is 18.2 Å². The Hall–Kier alpha value is -1.59. The Balaban J connectivity index is 2.22. The first-order valence-electron chi connectivity index (χ1n) is 5.49. The number of nitro groups is 1.